The number of hydrogen-bond acceptors (Lipinski definition) is 5. The average molecular weight is 347 g/mol. The fourth-order valence-corrected chi connectivity index (χ4v) is 2.89. The van der Waals surface area contributed by atoms with Crippen molar-refractivity contribution >= 4 is 17.5 Å². The highest BCUT2D eigenvalue weighted by atomic mass is 16.5. The second-order valence-electron chi connectivity index (χ2n) is 6.75. The molecule has 25 heavy (non-hydrogen) atoms. The summed E-state index contributed by atoms with van der Waals surface area (Å²) in [6, 6.07) is 7.37. The van der Waals surface area contributed by atoms with Crippen molar-refractivity contribution < 1.29 is 19.4 Å². The van der Waals surface area contributed by atoms with Crippen LogP contribution >= 0.6 is 0 Å². The van der Waals surface area contributed by atoms with Gasteiger partial charge in [0.2, 0.25) is 11.8 Å². The molecule has 1 aliphatic carbocycles. The maximum absolute atomic E-state index is 11.7. The van der Waals surface area contributed by atoms with E-state index in [4.69, 9.17) is 4.74 Å². The number of nitrogens with one attached hydrogen (secondary N) is 3. The maximum Gasteiger partial charge on any atom is 0.223 e. The molecule has 1 saturated heterocycles. The molecule has 2 aliphatic rings. The zero-order chi connectivity index (χ0) is 17.8. The van der Waals surface area contributed by atoms with E-state index in [1.807, 2.05) is 24.3 Å². The van der Waals surface area contributed by atoms with Gasteiger partial charge in [0.25, 0.3) is 0 Å². The fraction of sp³-hybridized carbons (Fsp3) is 0.556. The van der Waals surface area contributed by atoms with Gasteiger partial charge in [0, 0.05) is 31.6 Å². The third kappa shape index (κ3) is 5.01. The third-order valence-corrected chi connectivity index (χ3v) is 4.55. The molecule has 1 aliphatic heterocycles. The molecule has 3 atom stereocenters. The minimum absolute atomic E-state index is 0.0615. The first-order valence-electron chi connectivity index (χ1n) is 8.70. The van der Waals surface area contributed by atoms with Crippen molar-refractivity contribution in [3.8, 4) is 0 Å². The Bertz CT molecular complexity index is 615. The van der Waals surface area contributed by atoms with E-state index in [-0.39, 0.29) is 29.9 Å². The first-order chi connectivity index (χ1) is 12.0. The van der Waals surface area contributed by atoms with Crippen LogP contribution in [-0.2, 0) is 20.9 Å². The molecule has 3 rings (SSSR count). The van der Waals surface area contributed by atoms with Crippen LogP contribution < -0.4 is 16.0 Å². The van der Waals surface area contributed by atoms with Crippen molar-refractivity contribution in [3.05, 3.63) is 29.8 Å². The van der Waals surface area contributed by atoms with Gasteiger partial charge < -0.3 is 25.8 Å². The van der Waals surface area contributed by atoms with Crippen LogP contribution in [0.3, 0.4) is 0 Å². The lowest BCUT2D eigenvalue weighted by molar-refractivity contribution is -0.123. The van der Waals surface area contributed by atoms with Crippen molar-refractivity contribution in [2.45, 2.75) is 44.6 Å². The minimum Gasteiger partial charge on any atom is -0.389 e. The van der Waals surface area contributed by atoms with Gasteiger partial charge in [-0.3, -0.25) is 9.59 Å². The Morgan fingerprint density at radius 1 is 1.24 bits per heavy atom. The molecule has 0 bridgehead atoms. The molecule has 1 aromatic carbocycles. The smallest absolute Gasteiger partial charge is 0.223 e. The quantitative estimate of drug-likeness (QED) is 0.572. The Kier molecular flexibility index (Phi) is 5.67. The van der Waals surface area contributed by atoms with Gasteiger partial charge in [-0.15, -0.1) is 0 Å². The van der Waals surface area contributed by atoms with Gasteiger partial charge in [-0.2, -0.15) is 0 Å². The van der Waals surface area contributed by atoms with Gasteiger partial charge in [0.1, 0.15) is 6.10 Å². The van der Waals surface area contributed by atoms with Crippen molar-refractivity contribution in [3.63, 3.8) is 0 Å². The van der Waals surface area contributed by atoms with E-state index in [0.29, 0.717) is 19.7 Å². The molecule has 2 fully saturated rings. The molecule has 2 amide bonds. The summed E-state index contributed by atoms with van der Waals surface area (Å²) in [6.07, 6.45) is 0.899. The highest BCUT2D eigenvalue weighted by Gasteiger charge is 2.37. The molecule has 1 aromatic rings. The van der Waals surface area contributed by atoms with Crippen molar-refractivity contribution in [2.75, 3.05) is 18.5 Å². The Balaban J connectivity index is 1.42. The number of carbonyl (C=O) groups excluding carboxylic acids is 2. The second kappa shape index (κ2) is 7.95. The number of benzene rings is 1. The first kappa shape index (κ1) is 17.8. The van der Waals surface area contributed by atoms with Gasteiger partial charge in [0.15, 0.2) is 0 Å². The Morgan fingerprint density at radius 3 is 2.60 bits per heavy atom. The van der Waals surface area contributed by atoms with Crippen LogP contribution in [0, 0.1) is 5.92 Å². The van der Waals surface area contributed by atoms with Crippen LogP contribution in [-0.4, -0.2) is 48.3 Å². The summed E-state index contributed by atoms with van der Waals surface area (Å²) in [4.78, 5) is 22.7. The van der Waals surface area contributed by atoms with E-state index in [9.17, 15) is 14.7 Å². The zero-order valence-electron chi connectivity index (χ0n) is 14.3. The largest absolute Gasteiger partial charge is 0.389 e. The van der Waals surface area contributed by atoms with E-state index < -0.39 is 6.10 Å². The van der Waals surface area contributed by atoms with E-state index in [1.54, 1.807) is 0 Å². The highest BCUT2D eigenvalue weighted by Crippen LogP contribution is 2.28. The van der Waals surface area contributed by atoms with Gasteiger partial charge >= 0.3 is 0 Å². The van der Waals surface area contributed by atoms with Crippen LogP contribution in [0.15, 0.2) is 24.3 Å². The fourth-order valence-electron chi connectivity index (χ4n) is 2.89. The highest BCUT2D eigenvalue weighted by molar-refractivity contribution is 5.88. The zero-order valence-corrected chi connectivity index (χ0v) is 14.3. The Hall–Kier alpha value is -1.96. The minimum atomic E-state index is -0.654. The molecule has 0 radical (unpaired) electrons. The molecule has 0 unspecified atom stereocenters. The predicted molar refractivity (Wildman–Crippen MR) is 92.9 cm³/mol. The summed E-state index contributed by atoms with van der Waals surface area (Å²) in [6.45, 7) is 2.82. The number of rotatable bonds is 7. The third-order valence-electron chi connectivity index (χ3n) is 4.55. The van der Waals surface area contributed by atoms with Crippen LogP contribution in [0.2, 0.25) is 0 Å². The van der Waals surface area contributed by atoms with Crippen molar-refractivity contribution in [2.24, 2.45) is 5.92 Å². The van der Waals surface area contributed by atoms with E-state index >= 15 is 0 Å². The predicted octanol–water partition coefficient (Wildman–Crippen LogP) is 0.389. The lowest BCUT2D eigenvalue weighted by Gasteiger charge is -2.19. The van der Waals surface area contributed by atoms with Gasteiger partial charge in [-0.05, 0) is 30.5 Å². The number of hydrogen-bond donors (Lipinski definition) is 4. The van der Waals surface area contributed by atoms with E-state index in [0.717, 1.165) is 24.1 Å². The van der Waals surface area contributed by atoms with Crippen LogP contribution in [0.4, 0.5) is 5.69 Å². The summed E-state index contributed by atoms with van der Waals surface area (Å²) in [5.74, 6) is 0.122. The Labute approximate surface area is 147 Å². The number of aliphatic hydroxyl groups is 1. The molecule has 1 saturated carbocycles. The number of ether oxygens (including phenoxy) is 1. The van der Waals surface area contributed by atoms with Crippen molar-refractivity contribution in [1.29, 1.82) is 0 Å². The number of anilines is 1. The van der Waals surface area contributed by atoms with E-state index in [1.165, 1.54) is 6.92 Å². The standard InChI is InChI=1S/C18H25N3O4/c1-11(22)21-14-6-2-12(3-7-14)8-19-15-10-25-16(17(15)23)9-20-18(24)13-4-5-13/h2-3,6-7,13,15-17,19,23H,4-5,8-10H2,1H3,(H,20,24)(H,21,22)/t15-,16-,17+/m1/s1. The number of aliphatic hydroxyl groups excluding tert-OH is 1. The molecule has 136 valence electrons. The molecule has 4 N–H and O–H groups in total. The summed E-state index contributed by atoms with van der Waals surface area (Å²) >= 11 is 0. The lowest BCUT2D eigenvalue weighted by Crippen LogP contribution is -2.44. The lowest BCUT2D eigenvalue weighted by atomic mass is 10.1. The second-order valence-corrected chi connectivity index (χ2v) is 6.75. The average Bonchev–Trinajstić information content (AvgIpc) is 3.37. The summed E-state index contributed by atoms with van der Waals surface area (Å²) in [7, 11) is 0. The molecule has 1 heterocycles. The van der Waals surface area contributed by atoms with Crippen LogP contribution in [0.1, 0.15) is 25.3 Å². The SMILES string of the molecule is CC(=O)Nc1ccc(CN[C@@H]2CO[C@H](CNC(=O)C3CC3)[C@H]2O)cc1. The van der Waals surface area contributed by atoms with Crippen molar-refractivity contribution in [1.82, 2.24) is 10.6 Å². The molecular formula is C18H25N3O4. The number of amides is 2. The molecule has 0 aromatic heterocycles. The van der Waals surface area contributed by atoms with Gasteiger partial charge in [-0.1, -0.05) is 12.1 Å². The first-order valence-corrected chi connectivity index (χ1v) is 8.70. The van der Waals surface area contributed by atoms with E-state index in [2.05, 4.69) is 16.0 Å². The number of carbonyl (C=O) groups is 2. The van der Waals surface area contributed by atoms with Crippen LogP contribution in [0.25, 0.3) is 0 Å². The Morgan fingerprint density at radius 2 is 1.96 bits per heavy atom. The molecule has 7 nitrogen and oxygen atoms in total. The van der Waals surface area contributed by atoms with Crippen LogP contribution in [0.5, 0.6) is 0 Å². The molecule has 7 heteroatoms. The summed E-state index contributed by atoms with van der Waals surface area (Å²) in [5, 5.41) is 19.2. The monoisotopic (exact) mass is 347 g/mol. The summed E-state index contributed by atoms with van der Waals surface area (Å²) < 4.78 is 5.60. The topological polar surface area (TPSA) is 99.7 Å². The van der Waals surface area contributed by atoms with Gasteiger partial charge in [0.05, 0.1) is 18.8 Å². The maximum atomic E-state index is 11.7. The normalized spacial score (nSPS) is 25.6. The summed E-state index contributed by atoms with van der Waals surface area (Å²) in [5.41, 5.74) is 1.80. The molecule has 0 spiro atoms. The van der Waals surface area contributed by atoms with Gasteiger partial charge in [-0.25, -0.2) is 0 Å². The molecular weight excluding hydrogens is 322 g/mol.